The van der Waals surface area contributed by atoms with Crippen LogP contribution >= 0.6 is 20.0 Å². The Morgan fingerprint density at radius 1 is 1.32 bits per heavy atom. The van der Waals surface area contributed by atoms with Crippen LogP contribution in [0.25, 0.3) is 11.0 Å². The Balaban J connectivity index is 1.48. The number of hydrogen-bond donors (Lipinski definition) is 3. The summed E-state index contributed by atoms with van der Waals surface area (Å²) in [5.74, 6) is 0.201. The highest BCUT2D eigenvalue weighted by Crippen LogP contribution is 2.36. The molecule has 154 valence electrons. The van der Waals surface area contributed by atoms with Crippen LogP contribution in [-0.2, 0) is 9.47 Å². The quantitative estimate of drug-likeness (QED) is 0.455. The Bertz CT molecular complexity index is 814. The zero-order valence-corrected chi connectivity index (χ0v) is 17.4. The lowest BCUT2D eigenvalue weighted by atomic mass is 10.2. The Morgan fingerprint density at radius 3 is 2.86 bits per heavy atom. The van der Waals surface area contributed by atoms with E-state index in [4.69, 9.17) is 21.1 Å². The number of anilines is 1. The van der Waals surface area contributed by atoms with Crippen LogP contribution in [0.3, 0.4) is 0 Å². The van der Waals surface area contributed by atoms with Gasteiger partial charge in [0.2, 0.25) is 5.28 Å². The summed E-state index contributed by atoms with van der Waals surface area (Å²) in [6.07, 6.45) is 8.17. The third-order valence-electron chi connectivity index (χ3n) is 5.48. The normalized spacial score (nSPS) is 24.5. The molecule has 2 aromatic rings. The van der Waals surface area contributed by atoms with E-state index in [1.165, 1.54) is 12.8 Å². The molecule has 8 nitrogen and oxygen atoms in total. The first kappa shape index (κ1) is 20.3. The molecule has 0 spiro atoms. The summed E-state index contributed by atoms with van der Waals surface area (Å²) in [6, 6.07) is 2.44. The predicted molar refractivity (Wildman–Crippen MR) is 108 cm³/mol. The van der Waals surface area contributed by atoms with Gasteiger partial charge in [-0.05, 0) is 50.3 Å². The van der Waals surface area contributed by atoms with Gasteiger partial charge in [-0.3, -0.25) is 0 Å². The highest BCUT2D eigenvalue weighted by molar-refractivity contribution is 7.45. The molecule has 1 aliphatic heterocycles. The number of aromatic nitrogens is 3. The number of hydrogen-bond acceptors (Lipinski definition) is 7. The fraction of sp³-hybridized carbons (Fsp3) is 0.667. The van der Waals surface area contributed by atoms with Crippen molar-refractivity contribution in [2.45, 2.75) is 69.7 Å². The van der Waals surface area contributed by atoms with Crippen LogP contribution in [0.5, 0.6) is 0 Å². The standard InChI is InChI=1S/C18H26ClN4O4P/c1-11(28(24)25)26-10-13-6-7-15(27-13)23-9-8-14-16(20-12-4-2-3-5-12)21-18(19)22-17(14)23/h8-9,11-13,15,24-25H,2-7,10H2,1H3,(H,20,21,22). The van der Waals surface area contributed by atoms with Crippen LogP contribution in [0.15, 0.2) is 12.3 Å². The molecule has 1 saturated heterocycles. The second-order valence-corrected chi connectivity index (χ2v) is 9.18. The predicted octanol–water partition coefficient (Wildman–Crippen LogP) is 3.78. The number of nitrogens with one attached hydrogen (secondary N) is 1. The molecule has 0 bridgehead atoms. The molecule has 2 aromatic heterocycles. The van der Waals surface area contributed by atoms with Crippen molar-refractivity contribution < 1.29 is 19.3 Å². The average molecular weight is 429 g/mol. The molecule has 1 saturated carbocycles. The minimum Gasteiger partial charge on any atom is -0.367 e. The van der Waals surface area contributed by atoms with Gasteiger partial charge in [-0.15, -0.1) is 0 Å². The van der Waals surface area contributed by atoms with E-state index in [9.17, 15) is 9.79 Å². The Hall–Kier alpha value is -1.02. The maximum absolute atomic E-state index is 9.19. The second-order valence-electron chi connectivity index (χ2n) is 7.47. The molecular weight excluding hydrogens is 403 g/mol. The van der Waals surface area contributed by atoms with Gasteiger partial charge in [0.15, 0.2) is 8.38 Å². The maximum Gasteiger partial charge on any atom is 0.226 e. The fourth-order valence-electron chi connectivity index (χ4n) is 3.94. The third-order valence-corrected chi connectivity index (χ3v) is 6.45. The SMILES string of the molecule is CC(OCC1CCC(n2ccc3c(NC4CCCC4)nc(Cl)nc32)O1)P(O)O. The number of fused-ring (bicyclic) bond motifs is 1. The number of ether oxygens (including phenoxy) is 2. The molecule has 1 aliphatic carbocycles. The number of halogens is 1. The molecule has 3 N–H and O–H groups in total. The molecular formula is C18H26ClN4O4P. The van der Waals surface area contributed by atoms with E-state index in [0.29, 0.717) is 12.6 Å². The van der Waals surface area contributed by atoms with E-state index >= 15 is 0 Å². The van der Waals surface area contributed by atoms with Crippen LogP contribution in [0.1, 0.15) is 51.7 Å². The molecule has 28 heavy (non-hydrogen) atoms. The van der Waals surface area contributed by atoms with E-state index in [-0.39, 0.29) is 17.6 Å². The van der Waals surface area contributed by atoms with Gasteiger partial charge < -0.3 is 29.1 Å². The summed E-state index contributed by atoms with van der Waals surface area (Å²) >= 11 is 6.21. The summed E-state index contributed by atoms with van der Waals surface area (Å²) in [6.45, 7) is 1.98. The van der Waals surface area contributed by atoms with Gasteiger partial charge >= 0.3 is 0 Å². The first-order chi connectivity index (χ1) is 13.5. The largest absolute Gasteiger partial charge is 0.367 e. The molecule has 4 rings (SSSR count). The van der Waals surface area contributed by atoms with Gasteiger partial charge in [-0.25, -0.2) is 4.98 Å². The molecule has 3 unspecified atom stereocenters. The van der Waals surface area contributed by atoms with E-state index < -0.39 is 14.2 Å². The van der Waals surface area contributed by atoms with E-state index in [0.717, 1.165) is 42.5 Å². The third kappa shape index (κ3) is 4.42. The van der Waals surface area contributed by atoms with Gasteiger partial charge in [-0.1, -0.05) is 12.8 Å². The molecule has 2 aliphatic rings. The molecule has 3 heterocycles. The number of rotatable bonds is 7. The van der Waals surface area contributed by atoms with Crippen molar-refractivity contribution in [3.05, 3.63) is 17.5 Å². The Morgan fingerprint density at radius 2 is 2.11 bits per heavy atom. The minimum atomic E-state index is -2.09. The molecule has 3 atom stereocenters. The van der Waals surface area contributed by atoms with Crippen molar-refractivity contribution in [3.63, 3.8) is 0 Å². The second kappa shape index (κ2) is 8.78. The van der Waals surface area contributed by atoms with Crippen molar-refractivity contribution >= 4 is 36.8 Å². The van der Waals surface area contributed by atoms with Crippen LogP contribution < -0.4 is 5.32 Å². The first-order valence-electron chi connectivity index (χ1n) is 9.76. The molecule has 0 aromatic carbocycles. The van der Waals surface area contributed by atoms with Crippen LogP contribution in [0.2, 0.25) is 5.28 Å². The van der Waals surface area contributed by atoms with Crippen LogP contribution in [0.4, 0.5) is 5.82 Å². The highest BCUT2D eigenvalue weighted by Gasteiger charge is 2.29. The van der Waals surface area contributed by atoms with Gasteiger partial charge in [0, 0.05) is 12.2 Å². The van der Waals surface area contributed by atoms with Gasteiger partial charge in [0.05, 0.1) is 18.1 Å². The highest BCUT2D eigenvalue weighted by atomic mass is 35.5. The fourth-order valence-corrected chi connectivity index (χ4v) is 4.32. The lowest BCUT2D eigenvalue weighted by Crippen LogP contribution is -2.20. The molecule has 10 heteroatoms. The lowest BCUT2D eigenvalue weighted by Gasteiger charge is -2.19. The number of nitrogens with zero attached hydrogens (tertiary/aromatic N) is 3. The molecule has 2 fully saturated rings. The van der Waals surface area contributed by atoms with Gasteiger partial charge in [0.1, 0.15) is 23.5 Å². The monoisotopic (exact) mass is 428 g/mol. The van der Waals surface area contributed by atoms with Crippen LogP contribution in [0, 0.1) is 0 Å². The van der Waals surface area contributed by atoms with Gasteiger partial charge in [-0.2, -0.15) is 4.98 Å². The first-order valence-corrected chi connectivity index (χ1v) is 11.5. The lowest BCUT2D eigenvalue weighted by molar-refractivity contribution is -0.0447. The van der Waals surface area contributed by atoms with Crippen molar-refractivity contribution in [3.8, 4) is 0 Å². The molecule has 0 amide bonds. The average Bonchev–Trinajstić information content (AvgIpc) is 3.39. The van der Waals surface area contributed by atoms with E-state index in [2.05, 4.69) is 15.3 Å². The summed E-state index contributed by atoms with van der Waals surface area (Å²) in [7, 11) is -2.09. The van der Waals surface area contributed by atoms with Gasteiger partial charge in [0.25, 0.3) is 0 Å². The van der Waals surface area contributed by atoms with Crippen molar-refractivity contribution in [1.29, 1.82) is 0 Å². The minimum absolute atomic E-state index is 0.0896. The zero-order chi connectivity index (χ0) is 19.7. The summed E-state index contributed by atoms with van der Waals surface area (Å²) in [5.41, 5.74) is 0.759. The summed E-state index contributed by atoms with van der Waals surface area (Å²) in [4.78, 5) is 27.2. The topological polar surface area (TPSA) is 102 Å². The molecule has 0 radical (unpaired) electrons. The smallest absolute Gasteiger partial charge is 0.226 e. The van der Waals surface area contributed by atoms with Crippen molar-refractivity contribution in [2.75, 3.05) is 11.9 Å². The van der Waals surface area contributed by atoms with E-state index in [1.54, 1.807) is 6.92 Å². The van der Waals surface area contributed by atoms with Crippen LogP contribution in [-0.4, -0.2) is 48.9 Å². The maximum atomic E-state index is 9.19. The Kier molecular flexibility index (Phi) is 6.35. The van der Waals surface area contributed by atoms with E-state index in [1.807, 2.05) is 16.8 Å². The zero-order valence-electron chi connectivity index (χ0n) is 15.8. The Labute approximate surface area is 170 Å². The summed E-state index contributed by atoms with van der Waals surface area (Å²) in [5, 5.41) is 4.69. The van der Waals surface area contributed by atoms with Crippen molar-refractivity contribution in [2.24, 2.45) is 0 Å². The summed E-state index contributed by atoms with van der Waals surface area (Å²) < 4.78 is 13.6. The van der Waals surface area contributed by atoms with Crippen molar-refractivity contribution in [1.82, 2.24) is 14.5 Å².